The van der Waals surface area contributed by atoms with Crippen molar-refractivity contribution in [3.63, 3.8) is 0 Å². The summed E-state index contributed by atoms with van der Waals surface area (Å²) in [5.41, 5.74) is 0.365. The van der Waals surface area contributed by atoms with Gasteiger partial charge in [0, 0.05) is 5.69 Å². The predicted molar refractivity (Wildman–Crippen MR) is 133 cm³/mol. The van der Waals surface area contributed by atoms with Crippen molar-refractivity contribution in [2.45, 2.75) is 32.4 Å². The first-order valence-corrected chi connectivity index (χ1v) is 11.2. The number of alkyl carbamates (subject to hydrolysis) is 1. The van der Waals surface area contributed by atoms with E-state index in [0.29, 0.717) is 11.3 Å². The zero-order chi connectivity index (χ0) is 25.4. The quantitative estimate of drug-likeness (QED) is 0.495. The van der Waals surface area contributed by atoms with Gasteiger partial charge in [0.2, 0.25) is 5.91 Å². The molecule has 0 aromatic heterocycles. The number of carbonyl (C=O) groups is 3. The van der Waals surface area contributed by atoms with Gasteiger partial charge in [0.05, 0.1) is 6.07 Å². The molecule has 3 rings (SSSR count). The molecule has 0 heterocycles. The Labute approximate surface area is 204 Å². The summed E-state index contributed by atoms with van der Waals surface area (Å²) in [6, 6.07) is 22.8. The lowest BCUT2D eigenvalue weighted by Crippen LogP contribution is -2.46. The van der Waals surface area contributed by atoms with E-state index in [9.17, 15) is 19.6 Å². The van der Waals surface area contributed by atoms with Gasteiger partial charge in [-0.1, -0.05) is 60.7 Å². The molecule has 0 aliphatic carbocycles. The number of fused-ring (bicyclic) bond motifs is 1. The van der Waals surface area contributed by atoms with E-state index in [0.717, 1.165) is 15.7 Å². The van der Waals surface area contributed by atoms with Gasteiger partial charge in [0.1, 0.15) is 24.7 Å². The summed E-state index contributed by atoms with van der Waals surface area (Å²) < 4.78 is 5.17. The number of nitrogens with zero attached hydrogens (tertiary/aromatic N) is 2. The van der Waals surface area contributed by atoms with Gasteiger partial charge in [-0.05, 0) is 49.2 Å². The van der Waals surface area contributed by atoms with E-state index in [-0.39, 0.29) is 6.54 Å². The monoisotopic (exact) mass is 472 g/mol. The van der Waals surface area contributed by atoms with Crippen molar-refractivity contribution in [2.24, 2.45) is 0 Å². The van der Waals surface area contributed by atoms with E-state index in [1.54, 1.807) is 57.2 Å². The zero-order valence-electron chi connectivity index (χ0n) is 19.9. The lowest BCUT2D eigenvalue weighted by Gasteiger charge is -2.29. The Morgan fingerprint density at radius 3 is 2.29 bits per heavy atom. The number of hydrogen-bond acceptors (Lipinski definition) is 5. The van der Waals surface area contributed by atoms with Gasteiger partial charge < -0.3 is 20.3 Å². The zero-order valence-corrected chi connectivity index (χ0v) is 19.9. The van der Waals surface area contributed by atoms with Crippen LogP contribution in [0.5, 0.6) is 0 Å². The van der Waals surface area contributed by atoms with E-state index < -0.39 is 36.1 Å². The van der Waals surface area contributed by atoms with Crippen LogP contribution in [0.25, 0.3) is 10.8 Å². The van der Waals surface area contributed by atoms with Crippen molar-refractivity contribution in [3.8, 4) is 6.07 Å². The first kappa shape index (κ1) is 25.2. The molecular weight excluding hydrogens is 444 g/mol. The minimum atomic E-state index is -1.09. The molecule has 180 valence electrons. The molecule has 3 aromatic carbocycles. The first-order chi connectivity index (χ1) is 16.7. The Balaban J connectivity index is 1.85. The van der Waals surface area contributed by atoms with Gasteiger partial charge in [-0.3, -0.25) is 9.59 Å². The van der Waals surface area contributed by atoms with Crippen LogP contribution in [-0.2, 0) is 14.3 Å². The fourth-order valence-electron chi connectivity index (χ4n) is 3.55. The largest absolute Gasteiger partial charge is 0.444 e. The third kappa shape index (κ3) is 7.05. The highest BCUT2D eigenvalue weighted by Gasteiger charge is 2.32. The summed E-state index contributed by atoms with van der Waals surface area (Å²) in [5.74, 6) is -1.08. The molecule has 0 saturated heterocycles. The maximum absolute atomic E-state index is 13.5. The fraction of sp³-hybridized carbons (Fsp3) is 0.259. The molecule has 1 atom stereocenters. The Kier molecular flexibility index (Phi) is 8.05. The van der Waals surface area contributed by atoms with Crippen LogP contribution in [0.1, 0.15) is 32.4 Å². The van der Waals surface area contributed by atoms with Gasteiger partial charge in [-0.25, -0.2) is 4.79 Å². The number of ether oxygens (including phenoxy) is 1. The SMILES string of the molecule is CC(C)(C)OC(=O)NCC(=O)N(CC#N)C(C(=O)Nc1ccc2ccccc2c1)c1ccccc1. The molecule has 35 heavy (non-hydrogen) atoms. The maximum Gasteiger partial charge on any atom is 0.408 e. The van der Waals surface area contributed by atoms with E-state index >= 15 is 0 Å². The standard InChI is InChI=1S/C27H28N4O4/c1-27(2,3)35-26(34)29-18-23(32)31(16-15-28)24(20-10-5-4-6-11-20)25(33)30-22-14-13-19-9-7-8-12-21(19)17-22/h4-14,17,24H,16,18H2,1-3H3,(H,29,34)(H,30,33). The third-order valence-electron chi connectivity index (χ3n) is 5.04. The summed E-state index contributed by atoms with van der Waals surface area (Å²) in [7, 11) is 0. The Morgan fingerprint density at radius 1 is 0.971 bits per heavy atom. The van der Waals surface area contributed by atoms with Crippen molar-refractivity contribution in [1.82, 2.24) is 10.2 Å². The van der Waals surface area contributed by atoms with E-state index in [1.165, 1.54) is 0 Å². The smallest absolute Gasteiger partial charge is 0.408 e. The highest BCUT2D eigenvalue weighted by atomic mass is 16.6. The van der Waals surface area contributed by atoms with Crippen LogP contribution in [-0.4, -0.2) is 41.5 Å². The second-order valence-electron chi connectivity index (χ2n) is 8.90. The third-order valence-corrected chi connectivity index (χ3v) is 5.04. The van der Waals surface area contributed by atoms with Crippen LogP contribution < -0.4 is 10.6 Å². The van der Waals surface area contributed by atoms with Crippen molar-refractivity contribution in [1.29, 1.82) is 5.26 Å². The summed E-state index contributed by atoms with van der Waals surface area (Å²) in [4.78, 5) is 39.7. The number of anilines is 1. The van der Waals surface area contributed by atoms with Crippen LogP contribution in [0.3, 0.4) is 0 Å². The molecule has 0 spiro atoms. The topological polar surface area (TPSA) is 112 Å². The normalized spacial score (nSPS) is 11.7. The fourth-order valence-corrected chi connectivity index (χ4v) is 3.55. The van der Waals surface area contributed by atoms with Gasteiger partial charge >= 0.3 is 6.09 Å². The Morgan fingerprint density at radius 2 is 1.63 bits per heavy atom. The average molecular weight is 473 g/mol. The molecule has 0 aliphatic rings. The molecule has 0 bridgehead atoms. The van der Waals surface area contributed by atoms with Crippen LogP contribution in [0.2, 0.25) is 0 Å². The molecule has 1 unspecified atom stereocenters. The van der Waals surface area contributed by atoms with E-state index in [4.69, 9.17) is 4.74 Å². The molecule has 3 aromatic rings. The lowest BCUT2D eigenvalue weighted by atomic mass is 10.0. The molecule has 8 heteroatoms. The molecule has 0 saturated carbocycles. The predicted octanol–water partition coefficient (Wildman–Crippen LogP) is 4.40. The number of hydrogen-bond donors (Lipinski definition) is 2. The number of carbonyl (C=O) groups excluding carboxylic acids is 3. The average Bonchev–Trinajstić information content (AvgIpc) is 2.82. The number of nitrogens with one attached hydrogen (secondary N) is 2. The van der Waals surface area contributed by atoms with Crippen LogP contribution in [0.4, 0.5) is 10.5 Å². The van der Waals surface area contributed by atoms with Crippen molar-refractivity contribution in [2.75, 3.05) is 18.4 Å². The van der Waals surface area contributed by atoms with Gasteiger partial charge in [0.15, 0.2) is 0 Å². The van der Waals surface area contributed by atoms with Gasteiger partial charge in [-0.15, -0.1) is 0 Å². The number of rotatable bonds is 7. The van der Waals surface area contributed by atoms with Crippen LogP contribution in [0.15, 0.2) is 72.8 Å². The molecule has 0 aliphatic heterocycles. The minimum absolute atomic E-state index is 0.348. The summed E-state index contributed by atoms with van der Waals surface area (Å²) in [6.07, 6.45) is -0.764. The number of benzene rings is 3. The molecule has 2 N–H and O–H groups in total. The molecular formula is C27H28N4O4. The van der Waals surface area contributed by atoms with Crippen molar-refractivity contribution in [3.05, 3.63) is 78.4 Å². The van der Waals surface area contributed by atoms with Crippen molar-refractivity contribution < 1.29 is 19.1 Å². The number of nitriles is 1. The maximum atomic E-state index is 13.5. The highest BCUT2D eigenvalue weighted by molar-refractivity contribution is 6.00. The molecule has 8 nitrogen and oxygen atoms in total. The summed E-state index contributed by atoms with van der Waals surface area (Å²) >= 11 is 0. The molecule has 0 fully saturated rings. The van der Waals surface area contributed by atoms with Crippen LogP contribution >= 0.6 is 0 Å². The van der Waals surface area contributed by atoms with Gasteiger partial charge in [-0.2, -0.15) is 5.26 Å². The molecule has 3 amide bonds. The Bertz CT molecular complexity index is 1250. The van der Waals surface area contributed by atoms with Gasteiger partial charge in [0.25, 0.3) is 5.91 Å². The van der Waals surface area contributed by atoms with Crippen molar-refractivity contribution >= 4 is 34.4 Å². The van der Waals surface area contributed by atoms with E-state index in [2.05, 4.69) is 10.6 Å². The highest BCUT2D eigenvalue weighted by Crippen LogP contribution is 2.25. The number of amides is 3. The van der Waals surface area contributed by atoms with E-state index in [1.807, 2.05) is 42.5 Å². The Hall–Kier alpha value is -4.38. The second kappa shape index (κ2) is 11.2. The first-order valence-electron chi connectivity index (χ1n) is 11.2. The summed E-state index contributed by atoms with van der Waals surface area (Å²) in [6.45, 7) is 4.35. The molecule has 0 radical (unpaired) electrons. The summed E-state index contributed by atoms with van der Waals surface area (Å²) in [5, 5.41) is 16.7. The van der Waals surface area contributed by atoms with Crippen LogP contribution in [0, 0.1) is 11.3 Å². The second-order valence-corrected chi connectivity index (χ2v) is 8.90. The lowest BCUT2D eigenvalue weighted by molar-refractivity contribution is -0.137. The minimum Gasteiger partial charge on any atom is -0.444 e.